The highest BCUT2D eigenvalue weighted by Gasteiger charge is 2.30. The second kappa shape index (κ2) is 5.87. The van der Waals surface area contributed by atoms with Gasteiger partial charge in [0.05, 0.1) is 16.7 Å². The lowest BCUT2D eigenvalue weighted by atomic mass is 9.87. The second-order valence-corrected chi connectivity index (χ2v) is 5.69. The first-order valence-corrected chi connectivity index (χ1v) is 7.48. The standard InChI is InChI=1S/C13H10Cl2N2OS/c1-19-13-10(6-16)9(5-12(18)17-13)8-3-2-7(14)4-11(8)15/h2-4,9H,5H2,1H3,(H,17,18)/t9-/m1/s1. The van der Waals surface area contributed by atoms with Crippen molar-refractivity contribution < 1.29 is 4.79 Å². The lowest BCUT2D eigenvalue weighted by Gasteiger charge is -2.25. The third-order valence-corrected chi connectivity index (χ3v) is 4.19. The van der Waals surface area contributed by atoms with Crippen LogP contribution in [0, 0.1) is 11.3 Å². The van der Waals surface area contributed by atoms with E-state index in [0.717, 1.165) is 5.56 Å². The molecule has 1 aliphatic rings. The number of nitrogens with zero attached hydrogens (tertiary/aromatic N) is 1. The number of hydrogen-bond donors (Lipinski definition) is 1. The fraction of sp³-hybridized carbons (Fsp3) is 0.231. The summed E-state index contributed by atoms with van der Waals surface area (Å²) in [5, 5.41) is 13.6. The predicted molar refractivity (Wildman–Crippen MR) is 78.1 cm³/mol. The number of benzene rings is 1. The van der Waals surface area contributed by atoms with Gasteiger partial charge in [-0.25, -0.2) is 0 Å². The molecule has 0 bridgehead atoms. The first kappa shape index (κ1) is 14.3. The van der Waals surface area contributed by atoms with Gasteiger partial charge in [-0.3, -0.25) is 4.79 Å². The summed E-state index contributed by atoms with van der Waals surface area (Å²) in [4.78, 5) is 11.7. The number of allylic oxidation sites excluding steroid dienone is 1. The van der Waals surface area contributed by atoms with E-state index in [1.165, 1.54) is 11.8 Å². The monoisotopic (exact) mass is 312 g/mol. The molecule has 1 aliphatic heterocycles. The number of thioether (sulfide) groups is 1. The maximum Gasteiger partial charge on any atom is 0.225 e. The molecule has 3 nitrogen and oxygen atoms in total. The SMILES string of the molecule is CSC1=C(C#N)[C@@H](c2ccc(Cl)cc2Cl)CC(=O)N1. The van der Waals surface area contributed by atoms with Crippen LogP contribution >= 0.6 is 35.0 Å². The maximum absolute atomic E-state index is 11.7. The van der Waals surface area contributed by atoms with E-state index in [-0.39, 0.29) is 18.2 Å². The van der Waals surface area contributed by atoms with E-state index < -0.39 is 0 Å². The smallest absolute Gasteiger partial charge is 0.225 e. The molecule has 0 aliphatic carbocycles. The Morgan fingerprint density at radius 1 is 1.47 bits per heavy atom. The first-order valence-electron chi connectivity index (χ1n) is 5.50. The maximum atomic E-state index is 11.7. The summed E-state index contributed by atoms with van der Waals surface area (Å²) in [6.07, 6.45) is 2.03. The van der Waals surface area contributed by atoms with Crippen LogP contribution < -0.4 is 5.32 Å². The normalized spacial score (nSPS) is 19.1. The summed E-state index contributed by atoms with van der Waals surface area (Å²) in [6.45, 7) is 0. The molecule has 0 saturated heterocycles. The van der Waals surface area contributed by atoms with Crippen LogP contribution in [0.15, 0.2) is 28.8 Å². The summed E-state index contributed by atoms with van der Waals surface area (Å²) < 4.78 is 0. The van der Waals surface area contributed by atoms with Crippen molar-refractivity contribution in [1.82, 2.24) is 5.32 Å². The molecule has 98 valence electrons. The van der Waals surface area contributed by atoms with E-state index in [4.69, 9.17) is 23.2 Å². The summed E-state index contributed by atoms with van der Waals surface area (Å²) in [5.41, 5.74) is 1.29. The van der Waals surface area contributed by atoms with E-state index in [9.17, 15) is 10.1 Å². The van der Waals surface area contributed by atoms with E-state index in [1.807, 2.05) is 6.26 Å². The van der Waals surface area contributed by atoms with Crippen molar-refractivity contribution in [3.8, 4) is 6.07 Å². The Labute approximate surface area is 125 Å². The number of amides is 1. The predicted octanol–water partition coefficient (Wildman–Crippen LogP) is 3.70. The Hall–Kier alpha value is -1.15. The molecule has 19 heavy (non-hydrogen) atoms. The number of carbonyl (C=O) groups is 1. The van der Waals surface area contributed by atoms with Gasteiger partial charge in [0.2, 0.25) is 5.91 Å². The minimum Gasteiger partial charge on any atom is -0.320 e. The van der Waals surface area contributed by atoms with Gasteiger partial charge in [0, 0.05) is 22.4 Å². The Bertz CT molecular complexity index is 607. The topological polar surface area (TPSA) is 52.9 Å². The Kier molecular flexibility index (Phi) is 4.41. The molecule has 0 aromatic heterocycles. The Morgan fingerprint density at radius 3 is 2.79 bits per heavy atom. The lowest BCUT2D eigenvalue weighted by molar-refractivity contribution is -0.120. The van der Waals surface area contributed by atoms with Crippen molar-refractivity contribution in [3.05, 3.63) is 44.4 Å². The van der Waals surface area contributed by atoms with Crippen LogP contribution in [0.25, 0.3) is 0 Å². The average Bonchev–Trinajstić information content (AvgIpc) is 2.37. The van der Waals surface area contributed by atoms with Gasteiger partial charge in [-0.15, -0.1) is 11.8 Å². The number of rotatable bonds is 2. The molecule has 0 unspecified atom stereocenters. The van der Waals surface area contributed by atoms with E-state index >= 15 is 0 Å². The van der Waals surface area contributed by atoms with Crippen LogP contribution in [-0.2, 0) is 4.79 Å². The van der Waals surface area contributed by atoms with Gasteiger partial charge in [0.1, 0.15) is 0 Å². The third-order valence-electron chi connectivity index (χ3n) is 2.90. The summed E-state index contributed by atoms with van der Waals surface area (Å²) >= 11 is 13.4. The van der Waals surface area contributed by atoms with Crippen molar-refractivity contribution in [2.75, 3.05) is 6.26 Å². The molecule has 1 heterocycles. The zero-order valence-corrected chi connectivity index (χ0v) is 12.4. The second-order valence-electron chi connectivity index (χ2n) is 4.03. The van der Waals surface area contributed by atoms with E-state index in [2.05, 4.69) is 11.4 Å². The summed E-state index contributed by atoms with van der Waals surface area (Å²) in [5.74, 6) is -0.426. The molecule has 1 amide bonds. The van der Waals surface area contributed by atoms with Crippen LogP contribution in [0.1, 0.15) is 17.9 Å². The van der Waals surface area contributed by atoms with Crippen molar-refractivity contribution in [3.63, 3.8) is 0 Å². The van der Waals surface area contributed by atoms with Gasteiger partial charge in [-0.05, 0) is 24.0 Å². The number of carbonyl (C=O) groups excluding carboxylic acids is 1. The van der Waals surface area contributed by atoms with Gasteiger partial charge in [-0.1, -0.05) is 29.3 Å². The third kappa shape index (κ3) is 2.89. The minimum absolute atomic E-state index is 0.112. The van der Waals surface area contributed by atoms with Crippen molar-refractivity contribution in [1.29, 1.82) is 5.26 Å². The van der Waals surface area contributed by atoms with Crippen molar-refractivity contribution in [2.24, 2.45) is 0 Å². The van der Waals surface area contributed by atoms with E-state index in [0.29, 0.717) is 20.6 Å². The summed E-state index contributed by atoms with van der Waals surface area (Å²) in [6, 6.07) is 7.27. The number of halogens is 2. The molecular weight excluding hydrogens is 303 g/mol. The average molecular weight is 313 g/mol. The lowest BCUT2D eigenvalue weighted by Crippen LogP contribution is -2.30. The zero-order valence-electron chi connectivity index (χ0n) is 10.0. The summed E-state index contributed by atoms with van der Waals surface area (Å²) in [7, 11) is 0. The fourth-order valence-electron chi connectivity index (χ4n) is 2.03. The molecular formula is C13H10Cl2N2OS. The Morgan fingerprint density at radius 2 is 2.21 bits per heavy atom. The van der Waals surface area contributed by atoms with Crippen LogP contribution in [0.5, 0.6) is 0 Å². The number of nitrogens with one attached hydrogen (secondary N) is 1. The van der Waals surface area contributed by atoms with Crippen LogP contribution in [0.2, 0.25) is 10.0 Å². The minimum atomic E-state index is -0.314. The highest BCUT2D eigenvalue weighted by atomic mass is 35.5. The fourth-order valence-corrected chi connectivity index (χ4v) is 3.19. The molecule has 1 N–H and O–H groups in total. The molecule has 0 fully saturated rings. The molecule has 6 heteroatoms. The quantitative estimate of drug-likeness (QED) is 0.906. The van der Waals surface area contributed by atoms with Gasteiger partial charge in [0.25, 0.3) is 0 Å². The molecule has 2 rings (SSSR count). The highest BCUT2D eigenvalue weighted by Crippen LogP contribution is 2.38. The molecule has 1 aromatic carbocycles. The molecule has 1 aromatic rings. The van der Waals surface area contributed by atoms with Crippen LogP contribution in [0.3, 0.4) is 0 Å². The van der Waals surface area contributed by atoms with Crippen LogP contribution in [0.4, 0.5) is 0 Å². The van der Waals surface area contributed by atoms with E-state index in [1.54, 1.807) is 18.2 Å². The van der Waals surface area contributed by atoms with Crippen molar-refractivity contribution in [2.45, 2.75) is 12.3 Å². The molecule has 0 saturated carbocycles. The van der Waals surface area contributed by atoms with Gasteiger partial charge in [-0.2, -0.15) is 5.26 Å². The molecule has 0 radical (unpaired) electrons. The van der Waals surface area contributed by atoms with Gasteiger partial charge in [0.15, 0.2) is 0 Å². The highest BCUT2D eigenvalue weighted by molar-refractivity contribution is 8.02. The number of nitriles is 1. The largest absolute Gasteiger partial charge is 0.320 e. The van der Waals surface area contributed by atoms with Gasteiger partial charge < -0.3 is 5.32 Å². The van der Waals surface area contributed by atoms with Gasteiger partial charge >= 0.3 is 0 Å². The van der Waals surface area contributed by atoms with Crippen molar-refractivity contribution >= 4 is 40.9 Å². The molecule has 1 atom stereocenters. The van der Waals surface area contributed by atoms with Crippen LogP contribution in [-0.4, -0.2) is 12.2 Å². The zero-order chi connectivity index (χ0) is 14.0. The Balaban J connectivity index is 2.53. The number of hydrogen-bond acceptors (Lipinski definition) is 3. The first-order chi connectivity index (χ1) is 9.06. The molecule has 0 spiro atoms.